The number of aryl methyl sites for hydroxylation is 1. The fourth-order valence-corrected chi connectivity index (χ4v) is 1.87. The summed E-state index contributed by atoms with van der Waals surface area (Å²) in [5, 5.41) is 11.5. The average molecular weight is 278 g/mol. The molecule has 5 heteroatoms. The zero-order chi connectivity index (χ0) is 15.1. The molecule has 0 fully saturated rings. The molecule has 0 saturated heterocycles. The number of nitrogens with zero attached hydrogens (tertiary/aromatic N) is 1. The van der Waals surface area contributed by atoms with Crippen molar-refractivity contribution in [2.45, 2.75) is 39.7 Å². The van der Waals surface area contributed by atoms with E-state index in [4.69, 9.17) is 5.11 Å². The minimum absolute atomic E-state index is 0.0537. The van der Waals surface area contributed by atoms with Gasteiger partial charge in [-0.3, -0.25) is 9.69 Å². The predicted molar refractivity (Wildman–Crippen MR) is 79.1 cm³/mol. The van der Waals surface area contributed by atoms with Gasteiger partial charge in [-0.15, -0.1) is 0 Å². The number of carbonyl (C=O) groups is 2. The van der Waals surface area contributed by atoms with Crippen LogP contribution in [0.5, 0.6) is 0 Å². The van der Waals surface area contributed by atoms with E-state index in [2.05, 4.69) is 5.32 Å². The molecule has 2 N–H and O–H groups in total. The van der Waals surface area contributed by atoms with Gasteiger partial charge in [-0.2, -0.15) is 0 Å². The number of hydrogen-bond acceptors (Lipinski definition) is 2. The van der Waals surface area contributed by atoms with E-state index >= 15 is 0 Å². The van der Waals surface area contributed by atoms with Crippen molar-refractivity contribution in [1.29, 1.82) is 0 Å². The lowest BCUT2D eigenvalue weighted by molar-refractivity contribution is -0.137. The molecule has 0 aromatic heterocycles. The third-order valence-corrected chi connectivity index (χ3v) is 3.07. The van der Waals surface area contributed by atoms with Crippen molar-refractivity contribution in [2.75, 3.05) is 11.4 Å². The number of nitrogens with one attached hydrogen (secondary N) is 1. The first kappa shape index (κ1) is 16.0. The third kappa shape index (κ3) is 4.91. The van der Waals surface area contributed by atoms with Crippen LogP contribution in [0.4, 0.5) is 10.5 Å². The van der Waals surface area contributed by atoms with Gasteiger partial charge >= 0.3 is 12.0 Å². The Kier molecular flexibility index (Phi) is 6.03. The Morgan fingerprint density at radius 2 is 1.90 bits per heavy atom. The van der Waals surface area contributed by atoms with E-state index in [9.17, 15) is 9.59 Å². The number of carboxylic acid groups (broad SMARTS) is 1. The van der Waals surface area contributed by atoms with Crippen molar-refractivity contribution >= 4 is 17.7 Å². The number of benzene rings is 1. The molecular formula is C15H22N2O3. The van der Waals surface area contributed by atoms with Crippen molar-refractivity contribution in [2.24, 2.45) is 0 Å². The Balaban J connectivity index is 2.63. The summed E-state index contributed by atoms with van der Waals surface area (Å²) in [6.45, 7) is 6.26. The monoisotopic (exact) mass is 278 g/mol. The van der Waals surface area contributed by atoms with Crippen molar-refractivity contribution in [3.05, 3.63) is 29.8 Å². The molecule has 5 nitrogen and oxygen atoms in total. The molecule has 20 heavy (non-hydrogen) atoms. The smallest absolute Gasteiger partial charge is 0.322 e. The van der Waals surface area contributed by atoms with Crippen molar-refractivity contribution in [3.8, 4) is 0 Å². The molecule has 0 aliphatic carbocycles. The summed E-state index contributed by atoms with van der Waals surface area (Å²) in [5.74, 6) is -0.850. The van der Waals surface area contributed by atoms with Gasteiger partial charge in [0.1, 0.15) is 0 Å². The van der Waals surface area contributed by atoms with E-state index in [0.717, 1.165) is 11.3 Å². The lowest BCUT2D eigenvalue weighted by Gasteiger charge is -2.24. The SMILES string of the molecule is CCN(C(=O)NC(C)CCC(=O)O)c1ccc(C)cc1. The molecule has 1 atom stereocenters. The van der Waals surface area contributed by atoms with Crippen LogP contribution >= 0.6 is 0 Å². The highest BCUT2D eigenvalue weighted by molar-refractivity contribution is 5.92. The fourth-order valence-electron chi connectivity index (χ4n) is 1.87. The Bertz CT molecular complexity index is 457. The largest absolute Gasteiger partial charge is 0.481 e. The highest BCUT2D eigenvalue weighted by Gasteiger charge is 2.16. The molecule has 2 amide bonds. The molecule has 1 aromatic carbocycles. The van der Waals surface area contributed by atoms with Gasteiger partial charge in [-0.05, 0) is 39.3 Å². The second-order valence-electron chi connectivity index (χ2n) is 4.86. The normalized spacial score (nSPS) is 11.8. The number of carboxylic acids is 1. The number of rotatable bonds is 6. The lowest BCUT2D eigenvalue weighted by atomic mass is 10.2. The van der Waals surface area contributed by atoms with Crippen LogP contribution < -0.4 is 10.2 Å². The molecule has 0 bridgehead atoms. The molecule has 0 spiro atoms. The molecule has 0 radical (unpaired) electrons. The second kappa shape index (κ2) is 7.53. The molecule has 1 rings (SSSR count). The van der Waals surface area contributed by atoms with Crippen LogP contribution in [0, 0.1) is 6.92 Å². The minimum Gasteiger partial charge on any atom is -0.481 e. The Hall–Kier alpha value is -2.04. The van der Waals surface area contributed by atoms with Crippen LogP contribution in [0.1, 0.15) is 32.3 Å². The molecule has 1 unspecified atom stereocenters. The van der Waals surface area contributed by atoms with Crippen molar-refractivity contribution in [3.63, 3.8) is 0 Å². The first-order chi connectivity index (χ1) is 9.43. The number of amides is 2. The summed E-state index contributed by atoms with van der Waals surface area (Å²) in [4.78, 5) is 24.3. The minimum atomic E-state index is -0.850. The Morgan fingerprint density at radius 3 is 2.40 bits per heavy atom. The number of anilines is 1. The van der Waals surface area contributed by atoms with Crippen LogP contribution in [0.2, 0.25) is 0 Å². The first-order valence-electron chi connectivity index (χ1n) is 6.80. The molecular weight excluding hydrogens is 256 g/mol. The zero-order valence-electron chi connectivity index (χ0n) is 12.2. The summed E-state index contributed by atoms with van der Waals surface area (Å²) < 4.78 is 0. The van der Waals surface area contributed by atoms with E-state index < -0.39 is 5.97 Å². The highest BCUT2D eigenvalue weighted by Crippen LogP contribution is 2.15. The maximum absolute atomic E-state index is 12.2. The Labute approximate surface area is 119 Å². The number of urea groups is 1. The van der Waals surface area contributed by atoms with E-state index in [1.807, 2.05) is 45.0 Å². The number of aliphatic carboxylic acids is 1. The van der Waals surface area contributed by atoms with Gasteiger partial charge < -0.3 is 10.4 Å². The van der Waals surface area contributed by atoms with Gasteiger partial charge in [-0.25, -0.2) is 4.79 Å². The maximum atomic E-state index is 12.2. The van der Waals surface area contributed by atoms with Crippen molar-refractivity contribution < 1.29 is 14.7 Å². The van der Waals surface area contributed by atoms with Crippen LogP contribution in [0.15, 0.2) is 24.3 Å². The van der Waals surface area contributed by atoms with Gasteiger partial charge in [0, 0.05) is 24.7 Å². The maximum Gasteiger partial charge on any atom is 0.322 e. The third-order valence-electron chi connectivity index (χ3n) is 3.07. The summed E-state index contributed by atoms with van der Waals surface area (Å²) in [5.41, 5.74) is 1.97. The van der Waals surface area contributed by atoms with E-state index in [1.54, 1.807) is 4.90 Å². The first-order valence-corrected chi connectivity index (χ1v) is 6.80. The van der Waals surface area contributed by atoms with Crippen molar-refractivity contribution in [1.82, 2.24) is 5.32 Å². The quantitative estimate of drug-likeness (QED) is 0.840. The van der Waals surface area contributed by atoms with Crippen LogP contribution in [0.25, 0.3) is 0 Å². The number of hydrogen-bond donors (Lipinski definition) is 2. The highest BCUT2D eigenvalue weighted by atomic mass is 16.4. The van der Waals surface area contributed by atoms with E-state index in [1.165, 1.54) is 0 Å². The topological polar surface area (TPSA) is 69.6 Å². The summed E-state index contributed by atoms with van der Waals surface area (Å²) in [6.07, 6.45) is 0.477. The Morgan fingerprint density at radius 1 is 1.30 bits per heavy atom. The molecule has 0 heterocycles. The molecule has 0 aliphatic heterocycles. The molecule has 0 saturated carbocycles. The van der Waals surface area contributed by atoms with Crippen LogP contribution in [-0.4, -0.2) is 29.7 Å². The summed E-state index contributed by atoms with van der Waals surface area (Å²) in [6, 6.07) is 7.35. The summed E-state index contributed by atoms with van der Waals surface area (Å²) >= 11 is 0. The van der Waals surface area contributed by atoms with E-state index in [-0.39, 0.29) is 18.5 Å². The van der Waals surface area contributed by atoms with Crippen LogP contribution in [-0.2, 0) is 4.79 Å². The van der Waals surface area contributed by atoms with Gasteiger partial charge in [0.05, 0.1) is 0 Å². The number of carbonyl (C=O) groups excluding carboxylic acids is 1. The second-order valence-corrected chi connectivity index (χ2v) is 4.86. The molecule has 110 valence electrons. The van der Waals surface area contributed by atoms with Gasteiger partial charge in [0.15, 0.2) is 0 Å². The van der Waals surface area contributed by atoms with Crippen LogP contribution in [0.3, 0.4) is 0 Å². The van der Waals surface area contributed by atoms with Gasteiger partial charge in [0.25, 0.3) is 0 Å². The molecule has 1 aromatic rings. The predicted octanol–water partition coefficient (Wildman–Crippen LogP) is 2.78. The van der Waals surface area contributed by atoms with Gasteiger partial charge in [-0.1, -0.05) is 17.7 Å². The van der Waals surface area contributed by atoms with Gasteiger partial charge in [0.2, 0.25) is 0 Å². The fraction of sp³-hybridized carbons (Fsp3) is 0.467. The standard InChI is InChI=1S/C15H22N2O3/c1-4-17(13-8-5-11(2)6-9-13)15(20)16-12(3)7-10-14(18)19/h5-6,8-9,12H,4,7,10H2,1-3H3,(H,16,20)(H,18,19). The summed E-state index contributed by atoms with van der Waals surface area (Å²) in [7, 11) is 0. The lowest BCUT2D eigenvalue weighted by Crippen LogP contribution is -2.44. The molecule has 0 aliphatic rings. The zero-order valence-corrected chi connectivity index (χ0v) is 12.2. The average Bonchev–Trinajstić information content (AvgIpc) is 2.39. The van der Waals surface area contributed by atoms with E-state index in [0.29, 0.717) is 13.0 Å².